The smallest absolute Gasteiger partial charge is 0.326 e. The minimum Gasteiger partial charge on any atom is -0.480 e. The summed E-state index contributed by atoms with van der Waals surface area (Å²) in [6.07, 6.45) is 0.863. The first-order valence-electron chi connectivity index (χ1n) is 10.4. The van der Waals surface area contributed by atoms with Gasteiger partial charge >= 0.3 is 5.97 Å². The van der Waals surface area contributed by atoms with Crippen LogP contribution in [0.25, 0.3) is 0 Å². The van der Waals surface area contributed by atoms with E-state index in [9.17, 15) is 29.1 Å². The SMILES string of the molecule is CC(C)CC(NC(=O)C(CCCCN)NC(=O)C(N)CO)C(=O)NC(CC(N)=O)C(=O)O. The molecule has 0 aliphatic carbocycles. The quantitative estimate of drug-likeness (QED) is 0.109. The molecule has 4 amide bonds. The summed E-state index contributed by atoms with van der Waals surface area (Å²) in [5, 5.41) is 25.4. The predicted octanol–water partition coefficient (Wildman–Crippen LogP) is -3.10. The van der Waals surface area contributed by atoms with Crippen LogP contribution in [0.2, 0.25) is 0 Å². The second kappa shape index (κ2) is 15.1. The van der Waals surface area contributed by atoms with Gasteiger partial charge in [-0.1, -0.05) is 13.8 Å². The summed E-state index contributed by atoms with van der Waals surface area (Å²) in [6.45, 7) is 3.36. The van der Waals surface area contributed by atoms with Crippen LogP contribution in [0, 0.1) is 5.92 Å². The lowest BCUT2D eigenvalue weighted by Gasteiger charge is -2.26. The molecule has 184 valence electrons. The minimum atomic E-state index is -1.55. The molecule has 0 heterocycles. The molecule has 0 aliphatic heterocycles. The van der Waals surface area contributed by atoms with E-state index in [2.05, 4.69) is 16.0 Å². The second-order valence-electron chi connectivity index (χ2n) is 7.90. The van der Waals surface area contributed by atoms with Crippen molar-refractivity contribution in [1.82, 2.24) is 16.0 Å². The number of carboxylic acids is 1. The van der Waals surface area contributed by atoms with Crippen LogP contribution in [0.3, 0.4) is 0 Å². The molecule has 0 spiro atoms. The van der Waals surface area contributed by atoms with Crippen LogP contribution in [0.15, 0.2) is 0 Å². The lowest BCUT2D eigenvalue weighted by atomic mass is 10.0. The van der Waals surface area contributed by atoms with E-state index in [0.717, 1.165) is 0 Å². The van der Waals surface area contributed by atoms with Crippen LogP contribution in [0.4, 0.5) is 0 Å². The van der Waals surface area contributed by atoms with E-state index < -0.39 is 66.8 Å². The number of hydrogen-bond donors (Lipinski definition) is 8. The van der Waals surface area contributed by atoms with Crippen molar-refractivity contribution >= 4 is 29.6 Å². The van der Waals surface area contributed by atoms with E-state index in [4.69, 9.17) is 22.3 Å². The molecule has 0 bridgehead atoms. The highest BCUT2D eigenvalue weighted by Crippen LogP contribution is 2.08. The van der Waals surface area contributed by atoms with E-state index in [1.54, 1.807) is 13.8 Å². The molecule has 0 saturated carbocycles. The molecule has 0 fully saturated rings. The highest BCUT2D eigenvalue weighted by atomic mass is 16.4. The number of hydrogen-bond acceptors (Lipinski definition) is 8. The number of carboxylic acid groups (broad SMARTS) is 1. The number of carbonyl (C=O) groups is 5. The fourth-order valence-corrected chi connectivity index (χ4v) is 2.77. The normalized spacial score (nSPS) is 14.7. The van der Waals surface area contributed by atoms with E-state index >= 15 is 0 Å². The maximum Gasteiger partial charge on any atom is 0.326 e. The number of aliphatic carboxylic acids is 1. The number of nitrogens with two attached hydrogens (primary N) is 3. The van der Waals surface area contributed by atoms with E-state index in [-0.39, 0.29) is 18.8 Å². The average molecular weight is 461 g/mol. The topological polar surface area (TPSA) is 240 Å². The van der Waals surface area contributed by atoms with Gasteiger partial charge in [0.2, 0.25) is 23.6 Å². The first-order valence-corrected chi connectivity index (χ1v) is 10.4. The Kier molecular flexibility index (Phi) is 13.8. The molecule has 0 rings (SSSR count). The number of aliphatic hydroxyl groups excluding tert-OH is 1. The van der Waals surface area contributed by atoms with Gasteiger partial charge in [0.1, 0.15) is 24.2 Å². The molecular formula is C19H36N6O7. The molecule has 0 aliphatic rings. The number of aliphatic hydroxyl groups is 1. The molecule has 13 heteroatoms. The van der Waals surface area contributed by atoms with Crippen LogP contribution in [0.1, 0.15) is 46.0 Å². The van der Waals surface area contributed by atoms with Gasteiger partial charge in [-0.05, 0) is 38.1 Å². The standard InChI is InChI=1S/C19H36N6O7/c1-10(2)7-13(18(30)25-14(19(31)32)8-15(22)27)24-17(29)12(5-3-4-6-20)23-16(28)11(21)9-26/h10-14,26H,3-9,20-21H2,1-2H3,(H2,22,27)(H,23,28)(H,24,29)(H,25,30)(H,31,32). The summed E-state index contributed by atoms with van der Waals surface area (Å²) in [7, 11) is 0. The van der Waals surface area contributed by atoms with Gasteiger partial charge in [-0.2, -0.15) is 0 Å². The maximum atomic E-state index is 12.8. The van der Waals surface area contributed by atoms with Crippen molar-refractivity contribution in [2.24, 2.45) is 23.1 Å². The molecule has 0 aromatic rings. The van der Waals surface area contributed by atoms with Crippen LogP contribution in [0.5, 0.6) is 0 Å². The van der Waals surface area contributed by atoms with Crippen molar-refractivity contribution in [3.8, 4) is 0 Å². The zero-order chi connectivity index (χ0) is 24.8. The Balaban J connectivity index is 5.46. The third-order valence-electron chi connectivity index (χ3n) is 4.47. The number of primary amides is 1. The Morgan fingerprint density at radius 1 is 0.875 bits per heavy atom. The van der Waals surface area contributed by atoms with Gasteiger partial charge in [0.05, 0.1) is 13.0 Å². The summed E-state index contributed by atoms with van der Waals surface area (Å²) in [4.78, 5) is 60.0. The Bertz CT molecular complexity index is 658. The molecule has 32 heavy (non-hydrogen) atoms. The Hall–Kier alpha value is -2.77. The lowest BCUT2D eigenvalue weighted by Crippen LogP contribution is -2.57. The minimum absolute atomic E-state index is 0.0569. The highest BCUT2D eigenvalue weighted by Gasteiger charge is 2.31. The summed E-state index contributed by atoms with van der Waals surface area (Å²) in [5.41, 5.74) is 16.0. The van der Waals surface area contributed by atoms with Crippen molar-refractivity contribution < 1.29 is 34.2 Å². The van der Waals surface area contributed by atoms with Crippen LogP contribution in [-0.2, 0) is 24.0 Å². The van der Waals surface area contributed by atoms with Gasteiger partial charge in [0.25, 0.3) is 0 Å². The lowest BCUT2D eigenvalue weighted by molar-refractivity contribution is -0.144. The van der Waals surface area contributed by atoms with Crippen LogP contribution >= 0.6 is 0 Å². The molecule has 4 unspecified atom stereocenters. The predicted molar refractivity (Wildman–Crippen MR) is 115 cm³/mol. The highest BCUT2D eigenvalue weighted by molar-refractivity contribution is 5.94. The zero-order valence-electron chi connectivity index (χ0n) is 18.5. The number of carbonyl (C=O) groups excluding carboxylic acids is 4. The molecule has 0 saturated heterocycles. The molecular weight excluding hydrogens is 424 g/mol. The molecule has 0 aromatic heterocycles. The molecule has 0 aromatic carbocycles. The van der Waals surface area contributed by atoms with E-state index in [0.29, 0.717) is 19.4 Å². The third-order valence-corrected chi connectivity index (χ3v) is 4.47. The largest absolute Gasteiger partial charge is 0.480 e. The Morgan fingerprint density at radius 3 is 1.88 bits per heavy atom. The van der Waals surface area contributed by atoms with Gasteiger partial charge in [-0.3, -0.25) is 19.2 Å². The first kappa shape index (κ1) is 29.2. The zero-order valence-corrected chi connectivity index (χ0v) is 18.5. The van der Waals surface area contributed by atoms with Gasteiger partial charge in [0, 0.05) is 0 Å². The van der Waals surface area contributed by atoms with Crippen molar-refractivity contribution in [2.75, 3.05) is 13.2 Å². The van der Waals surface area contributed by atoms with Crippen molar-refractivity contribution in [3.05, 3.63) is 0 Å². The average Bonchev–Trinajstić information content (AvgIpc) is 2.70. The fraction of sp³-hybridized carbons (Fsp3) is 0.737. The summed E-state index contributed by atoms with van der Waals surface area (Å²) >= 11 is 0. The molecule has 13 nitrogen and oxygen atoms in total. The van der Waals surface area contributed by atoms with Crippen molar-refractivity contribution in [1.29, 1.82) is 0 Å². The van der Waals surface area contributed by atoms with E-state index in [1.165, 1.54) is 0 Å². The molecule has 4 atom stereocenters. The number of rotatable bonds is 16. The summed E-state index contributed by atoms with van der Waals surface area (Å²) in [6, 6.07) is -4.94. The number of nitrogens with one attached hydrogen (secondary N) is 3. The first-order chi connectivity index (χ1) is 14.9. The monoisotopic (exact) mass is 460 g/mol. The molecule has 11 N–H and O–H groups in total. The fourth-order valence-electron chi connectivity index (χ4n) is 2.77. The van der Waals surface area contributed by atoms with Gasteiger partial charge < -0.3 is 43.4 Å². The third kappa shape index (κ3) is 11.6. The molecule has 0 radical (unpaired) electrons. The van der Waals surface area contributed by atoms with Crippen molar-refractivity contribution in [2.45, 2.75) is 70.1 Å². The number of amides is 4. The summed E-state index contributed by atoms with van der Waals surface area (Å²) < 4.78 is 0. The Labute approximate surface area is 186 Å². The van der Waals surface area contributed by atoms with Gasteiger partial charge in [-0.25, -0.2) is 4.79 Å². The van der Waals surface area contributed by atoms with Crippen LogP contribution < -0.4 is 33.2 Å². The van der Waals surface area contributed by atoms with Crippen molar-refractivity contribution in [3.63, 3.8) is 0 Å². The van der Waals surface area contributed by atoms with E-state index in [1.807, 2.05) is 0 Å². The number of unbranched alkanes of at least 4 members (excludes halogenated alkanes) is 1. The van der Waals surface area contributed by atoms with Gasteiger partial charge in [0.15, 0.2) is 0 Å². The second-order valence-corrected chi connectivity index (χ2v) is 7.90. The van der Waals surface area contributed by atoms with Crippen LogP contribution in [-0.4, -0.2) is 77.1 Å². The Morgan fingerprint density at radius 2 is 1.41 bits per heavy atom. The summed E-state index contributed by atoms with van der Waals surface area (Å²) in [5.74, 6) is -4.64. The van der Waals surface area contributed by atoms with Gasteiger partial charge in [-0.15, -0.1) is 0 Å². The maximum absolute atomic E-state index is 12.8.